The van der Waals surface area contributed by atoms with Gasteiger partial charge in [0.05, 0.1) is 17.1 Å². The van der Waals surface area contributed by atoms with E-state index in [-0.39, 0.29) is 11.7 Å². The number of carbonyl (C=O) groups is 2. The molecule has 0 aliphatic rings. The van der Waals surface area contributed by atoms with Crippen molar-refractivity contribution in [1.29, 1.82) is 5.26 Å². The van der Waals surface area contributed by atoms with Crippen molar-refractivity contribution in [2.45, 2.75) is 12.8 Å². The summed E-state index contributed by atoms with van der Waals surface area (Å²) in [6.45, 7) is 1.39. The third-order valence-corrected chi connectivity index (χ3v) is 3.94. The highest BCUT2D eigenvalue weighted by molar-refractivity contribution is 6.03. The van der Waals surface area contributed by atoms with Gasteiger partial charge < -0.3 is 9.88 Å². The Morgan fingerprint density at radius 2 is 1.96 bits per heavy atom. The van der Waals surface area contributed by atoms with E-state index in [1.165, 1.54) is 6.92 Å². The van der Waals surface area contributed by atoms with E-state index < -0.39 is 5.92 Å². The number of hydrogen-bond acceptors (Lipinski definition) is 4. The molecule has 3 aromatic rings. The van der Waals surface area contributed by atoms with Crippen LogP contribution >= 0.6 is 0 Å². The highest BCUT2D eigenvalue weighted by Gasteiger charge is 2.27. The third-order valence-electron chi connectivity index (χ3n) is 3.94. The minimum absolute atomic E-state index is 0.225. The summed E-state index contributed by atoms with van der Waals surface area (Å²) >= 11 is 0. The first kappa shape index (κ1) is 16.4. The summed E-state index contributed by atoms with van der Waals surface area (Å²) in [5, 5.41) is 12.2. The van der Waals surface area contributed by atoms with Crippen LogP contribution in [0.2, 0.25) is 0 Å². The van der Waals surface area contributed by atoms with Gasteiger partial charge >= 0.3 is 0 Å². The number of fused-ring (bicyclic) bond motifs is 1. The molecule has 0 aliphatic heterocycles. The van der Waals surface area contributed by atoms with E-state index in [0.29, 0.717) is 17.1 Å². The number of nitrogens with zero attached hydrogens (tertiary/aromatic N) is 3. The van der Waals surface area contributed by atoms with Gasteiger partial charge in [-0.25, -0.2) is 4.98 Å². The number of Topliss-reactive ketones (excluding diaryl/α,β-unsaturated/α-hetero) is 1. The van der Waals surface area contributed by atoms with Crippen LogP contribution in [0, 0.1) is 11.3 Å². The Bertz CT molecular complexity index is 1010. The fraction of sp³-hybridized carbons (Fsp3) is 0.158. The first-order chi connectivity index (χ1) is 12.0. The molecule has 3 rings (SSSR count). The Hall–Kier alpha value is -3.46. The van der Waals surface area contributed by atoms with E-state index in [1.54, 1.807) is 35.9 Å². The number of anilines is 1. The highest BCUT2D eigenvalue weighted by atomic mass is 16.1. The average molecular weight is 332 g/mol. The number of imidazole rings is 1. The van der Waals surface area contributed by atoms with Gasteiger partial charge in [0, 0.05) is 25.2 Å². The highest BCUT2D eigenvalue weighted by Crippen LogP contribution is 2.24. The standard InChI is InChI=1S/C19H16N4O2/c1-12(24)21-14-7-5-6-13(10-14)18(25)15(11-20)19-22-16-8-3-4-9-17(16)23(19)2/h3-10,15H,1-2H3,(H,21,24). The van der Waals surface area contributed by atoms with Gasteiger partial charge in [-0.1, -0.05) is 24.3 Å². The molecule has 0 fully saturated rings. The Labute approximate surface area is 144 Å². The van der Waals surface area contributed by atoms with E-state index in [1.807, 2.05) is 24.3 Å². The molecule has 1 aromatic heterocycles. The summed E-state index contributed by atoms with van der Waals surface area (Å²) < 4.78 is 1.76. The second kappa shape index (κ2) is 6.57. The molecule has 0 saturated heterocycles. The van der Waals surface area contributed by atoms with Crippen LogP contribution in [0.5, 0.6) is 0 Å². The smallest absolute Gasteiger partial charge is 0.221 e. The van der Waals surface area contributed by atoms with Crippen molar-refractivity contribution < 1.29 is 9.59 Å². The number of aryl methyl sites for hydroxylation is 1. The van der Waals surface area contributed by atoms with Crippen LogP contribution in [-0.4, -0.2) is 21.2 Å². The minimum atomic E-state index is -1.02. The van der Waals surface area contributed by atoms with Gasteiger partial charge in [0.2, 0.25) is 5.91 Å². The molecule has 124 valence electrons. The zero-order valence-corrected chi connectivity index (χ0v) is 13.9. The maximum Gasteiger partial charge on any atom is 0.221 e. The Kier molecular flexibility index (Phi) is 4.31. The molecule has 1 unspecified atom stereocenters. The molecule has 1 heterocycles. The Morgan fingerprint density at radius 1 is 1.20 bits per heavy atom. The second-order valence-electron chi connectivity index (χ2n) is 5.71. The van der Waals surface area contributed by atoms with Crippen LogP contribution in [0.25, 0.3) is 11.0 Å². The van der Waals surface area contributed by atoms with Gasteiger partial charge in [-0.05, 0) is 24.3 Å². The number of ketones is 1. The van der Waals surface area contributed by atoms with Gasteiger partial charge in [0.25, 0.3) is 0 Å². The van der Waals surface area contributed by atoms with Crippen LogP contribution in [0.3, 0.4) is 0 Å². The first-order valence-corrected chi connectivity index (χ1v) is 7.74. The first-order valence-electron chi connectivity index (χ1n) is 7.74. The van der Waals surface area contributed by atoms with Crippen LogP contribution < -0.4 is 5.32 Å². The Morgan fingerprint density at radius 3 is 2.64 bits per heavy atom. The lowest BCUT2D eigenvalue weighted by Gasteiger charge is -2.10. The van der Waals surface area contributed by atoms with E-state index in [2.05, 4.69) is 16.4 Å². The zero-order chi connectivity index (χ0) is 18.0. The van der Waals surface area contributed by atoms with Crippen molar-refractivity contribution >= 4 is 28.4 Å². The molecule has 0 aliphatic carbocycles. The van der Waals surface area contributed by atoms with Gasteiger partial charge in [0.15, 0.2) is 11.7 Å². The number of carbonyl (C=O) groups excluding carboxylic acids is 2. The molecule has 1 atom stereocenters. The Balaban J connectivity index is 2.00. The molecule has 0 bridgehead atoms. The minimum Gasteiger partial charge on any atom is -0.330 e. The van der Waals surface area contributed by atoms with Gasteiger partial charge in [-0.15, -0.1) is 0 Å². The molecular weight excluding hydrogens is 316 g/mol. The number of aromatic nitrogens is 2. The summed E-state index contributed by atoms with van der Waals surface area (Å²) in [4.78, 5) is 28.5. The summed E-state index contributed by atoms with van der Waals surface area (Å²) in [5.74, 6) is -1.20. The molecule has 1 N–H and O–H groups in total. The van der Waals surface area contributed by atoms with E-state index in [0.717, 1.165) is 11.0 Å². The normalized spacial score (nSPS) is 11.7. The summed E-state index contributed by atoms with van der Waals surface area (Å²) in [7, 11) is 1.79. The molecular formula is C19H16N4O2. The monoisotopic (exact) mass is 332 g/mol. The quantitative estimate of drug-likeness (QED) is 0.744. The number of amides is 1. The van der Waals surface area contributed by atoms with Crippen LogP contribution in [0.1, 0.15) is 29.0 Å². The van der Waals surface area contributed by atoms with E-state index in [4.69, 9.17) is 0 Å². The molecule has 25 heavy (non-hydrogen) atoms. The van der Waals surface area contributed by atoms with Crippen LogP contribution in [0.15, 0.2) is 48.5 Å². The fourth-order valence-corrected chi connectivity index (χ4v) is 2.78. The summed E-state index contributed by atoms with van der Waals surface area (Å²) in [6.07, 6.45) is 0. The maximum atomic E-state index is 12.9. The van der Waals surface area contributed by atoms with Gasteiger partial charge in [0.1, 0.15) is 5.82 Å². The largest absolute Gasteiger partial charge is 0.330 e. The summed E-state index contributed by atoms with van der Waals surface area (Å²) in [5.41, 5.74) is 2.46. The number of para-hydroxylation sites is 2. The van der Waals surface area contributed by atoms with E-state index in [9.17, 15) is 14.9 Å². The van der Waals surface area contributed by atoms with Crippen molar-refractivity contribution in [3.05, 3.63) is 59.9 Å². The van der Waals surface area contributed by atoms with Crippen molar-refractivity contribution in [3.63, 3.8) is 0 Å². The lowest BCUT2D eigenvalue weighted by atomic mass is 9.97. The van der Waals surface area contributed by atoms with Gasteiger partial charge in [-0.2, -0.15) is 5.26 Å². The van der Waals surface area contributed by atoms with Crippen molar-refractivity contribution in [2.24, 2.45) is 7.05 Å². The predicted octanol–water partition coefficient (Wildman–Crippen LogP) is 3.02. The number of benzene rings is 2. The molecule has 6 nitrogen and oxygen atoms in total. The number of nitriles is 1. The molecule has 6 heteroatoms. The molecule has 0 radical (unpaired) electrons. The second-order valence-corrected chi connectivity index (χ2v) is 5.71. The number of rotatable bonds is 4. The number of hydrogen-bond donors (Lipinski definition) is 1. The topological polar surface area (TPSA) is 87.8 Å². The summed E-state index contributed by atoms with van der Waals surface area (Å²) in [6, 6.07) is 16.1. The molecule has 1 amide bonds. The lowest BCUT2D eigenvalue weighted by molar-refractivity contribution is -0.114. The van der Waals surface area contributed by atoms with Crippen LogP contribution in [0.4, 0.5) is 5.69 Å². The van der Waals surface area contributed by atoms with Crippen molar-refractivity contribution in [1.82, 2.24) is 9.55 Å². The number of nitrogens with one attached hydrogen (secondary N) is 1. The van der Waals surface area contributed by atoms with Gasteiger partial charge in [-0.3, -0.25) is 9.59 Å². The molecule has 0 spiro atoms. The predicted molar refractivity (Wildman–Crippen MR) is 94.1 cm³/mol. The zero-order valence-electron chi connectivity index (χ0n) is 13.9. The molecule has 0 saturated carbocycles. The third kappa shape index (κ3) is 3.12. The van der Waals surface area contributed by atoms with Crippen molar-refractivity contribution in [2.75, 3.05) is 5.32 Å². The molecule has 2 aromatic carbocycles. The van der Waals surface area contributed by atoms with E-state index >= 15 is 0 Å². The van der Waals surface area contributed by atoms with Crippen molar-refractivity contribution in [3.8, 4) is 6.07 Å². The maximum absolute atomic E-state index is 12.9. The lowest BCUT2D eigenvalue weighted by Crippen LogP contribution is -2.16. The van der Waals surface area contributed by atoms with Crippen LogP contribution in [-0.2, 0) is 11.8 Å². The SMILES string of the molecule is CC(=O)Nc1cccc(C(=O)C(C#N)c2nc3ccccc3n2C)c1. The average Bonchev–Trinajstić information content (AvgIpc) is 2.92. The fourth-order valence-electron chi connectivity index (χ4n) is 2.78.